The lowest BCUT2D eigenvalue weighted by atomic mass is 10.0. The molecule has 0 aromatic rings. The van der Waals surface area contributed by atoms with Crippen LogP contribution in [0.1, 0.15) is 73.1 Å². The van der Waals surface area contributed by atoms with Crippen LogP contribution in [-0.4, -0.2) is 37.0 Å². The highest BCUT2D eigenvalue weighted by molar-refractivity contribution is 5.97. The van der Waals surface area contributed by atoms with E-state index in [1.54, 1.807) is 12.3 Å². The van der Waals surface area contributed by atoms with Crippen molar-refractivity contribution in [2.45, 2.75) is 79.2 Å². The monoisotopic (exact) mass is 387 g/mol. The number of rotatable bonds is 15. The van der Waals surface area contributed by atoms with E-state index < -0.39 is 0 Å². The Balaban J connectivity index is 4.68. The van der Waals surface area contributed by atoms with Crippen LogP contribution in [-0.2, 0) is 0 Å². The molecule has 28 heavy (non-hydrogen) atoms. The first-order valence-corrected chi connectivity index (χ1v) is 10.6. The molecule has 0 aliphatic rings. The predicted octanol–water partition coefficient (Wildman–Crippen LogP) is 5.42. The molecule has 0 amide bonds. The quantitative estimate of drug-likeness (QED) is 0.199. The highest BCUT2D eigenvalue weighted by Crippen LogP contribution is 2.09. The Labute approximate surface area is 172 Å². The second kappa shape index (κ2) is 17.1. The summed E-state index contributed by atoms with van der Waals surface area (Å²) in [4.78, 5) is 8.75. The normalized spacial score (nSPS) is 13.4. The second-order valence-corrected chi connectivity index (χ2v) is 6.96. The van der Waals surface area contributed by atoms with Gasteiger partial charge in [0.15, 0.2) is 0 Å². The molecule has 0 aromatic carbocycles. The number of hydrogen-bond acceptors (Lipinski definition) is 4. The first kappa shape index (κ1) is 26.0. The molecule has 5 nitrogen and oxygen atoms in total. The maximum atomic E-state index is 8.21. The lowest BCUT2D eigenvalue weighted by molar-refractivity contribution is 0.447. The summed E-state index contributed by atoms with van der Waals surface area (Å²) in [6, 6.07) is 0.579. The number of allylic oxidation sites excluding steroid dienone is 3. The molecule has 0 atom stereocenters. The largest absolute Gasteiger partial charge is 0.355 e. The third kappa shape index (κ3) is 13.2. The lowest BCUT2D eigenvalue weighted by Crippen LogP contribution is -2.30. The first-order valence-electron chi connectivity index (χ1n) is 10.6. The van der Waals surface area contributed by atoms with E-state index in [0.717, 1.165) is 36.4 Å². The standard InChI is InChI=1S/C23H41N5/c1-7-11-22(12-8-2)26-16-14-21(23(24)10-4)17-27-20(6)28-18-25-15-13-19(5)9-3/h9,13,15,17,22,24,26H,3,7-8,10-12,14,16,18H2,1-2,4-6H3,(H,27,28)/b19-13-,21-17-,24-23?,25-15-. The molecule has 0 spiro atoms. The fourth-order valence-electron chi connectivity index (χ4n) is 2.65. The van der Waals surface area contributed by atoms with Crippen molar-refractivity contribution >= 4 is 17.8 Å². The topological polar surface area (TPSA) is 72.6 Å². The summed E-state index contributed by atoms with van der Waals surface area (Å²) in [6.45, 7) is 15.4. The molecule has 3 N–H and O–H groups in total. The summed E-state index contributed by atoms with van der Waals surface area (Å²) in [7, 11) is 0. The van der Waals surface area contributed by atoms with E-state index in [9.17, 15) is 0 Å². The summed E-state index contributed by atoms with van der Waals surface area (Å²) in [5, 5.41) is 15.0. The highest BCUT2D eigenvalue weighted by Gasteiger charge is 2.08. The number of nitrogens with one attached hydrogen (secondary N) is 3. The molecule has 0 saturated carbocycles. The lowest BCUT2D eigenvalue weighted by Gasteiger charge is -2.18. The molecule has 0 rings (SSSR count). The van der Waals surface area contributed by atoms with Gasteiger partial charge < -0.3 is 16.0 Å². The third-order valence-corrected chi connectivity index (χ3v) is 4.45. The van der Waals surface area contributed by atoms with Crippen molar-refractivity contribution in [3.63, 3.8) is 0 Å². The SMILES string of the molecule is C=C/C(C)=C\C=N/CN/C(C)=N/C=C(/CCNC(CCC)CCC)C(=N)CC. The van der Waals surface area contributed by atoms with Gasteiger partial charge in [-0.2, -0.15) is 0 Å². The van der Waals surface area contributed by atoms with Crippen molar-refractivity contribution in [3.8, 4) is 0 Å². The number of aliphatic imine (C=N–C) groups is 2. The zero-order chi connectivity index (χ0) is 21.2. The minimum atomic E-state index is 0.474. The minimum absolute atomic E-state index is 0.474. The number of nitrogens with zero attached hydrogens (tertiary/aromatic N) is 2. The molecule has 0 bridgehead atoms. The summed E-state index contributed by atoms with van der Waals surface area (Å²) in [5.74, 6) is 0.797. The van der Waals surface area contributed by atoms with E-state index in [2.05, 4.69) is 41.0 Å². The van der Waals surface area contributed by atoms with E-state index in [0.29, 0.717) is 18.4 Å². The third-order valence-electron chi connectivity index (χ3n) is 4.45. The molecule has 0 fully saturated rings. The van der Waals surface area contributed by atoms with E-state index in [1.165, 1.54) is 25.7 Å². The molecule has 0 aromatic heterocycles. The Morgan fingerprint density at radius 2 is 1.82 bits per heavy atom. The van der Waals surface area contributed by atoms with Gasteiger partial charge in [-0.05, 0) is 57.7 Å². The van der Waals surface area contributed by atoms with Crippen LogP contribution in [0.4, 0.5) is 0 Å². The Bertz CT molecular complexity index is 564. The van der Waals surface area contributed by atoms with Crippen LogP contribution < -0.4 is 10.6 Å². The van der Waals surface area contributed by atoms with Crippen molar-refractivity contribution in [1.29, 1.82) is 5.41 Å². The molecule has 0 aliphatic carbocycles. The Hall–Kier alpha value is -2.01. The van der Waals surface area contributed by atoms with Gasteiger partial charge in [-0.1, -0.05) is 51.8 Å². The summed E-state index contributed by atoms with van der Waals surface area (Å²) < 4.78 is 0. The maximum absolute atomic E-state index is 8.21. The van der Waals surface area contributed by atoms with E-state index in [-0.39, 0.29) is 0 Å². The Morgan fingerprint density at radius 3 is 2.39 bits per heavy atom. The fourth-order valence-corrected chi connectivity index (χ4v) is 2.65. The zero-order valence-corrected chi connectivity index (χ0v) is 18.6. The Kier molecular flexibility index (Phi) is 15.9. The van der Waals surface area contributed by atoms with Gasteiger partial charge in [0.05, 0.1) is 5.84 Å². The van der Waals surface area contributed by atoms with Crippen LogP contribution in [0, 0.1) is 5.41 Å². The van der Waals surface area contributed by atoms with Crippen LogP contribution in [0.5, 0.6) is 0 Å². The summed E-state index contributed by atoms with van der Waals surface area (Å²) in [6.07, 6.45) is 13.7. The van der Waals surface area contributed by atoms with Gasteiger partial charge in [0.1, 0.15) is 6.67 Å². The zero-order valence-electron chi connectivity index (χ0n) is 18.6. The van der Waals surface area contributed by atoms with Gasteiger partial charge in [0.2, 0.25) is 0 Å². The minimum Gasteiger partial charge on any atom is -0.355 e. The molecule has 0 heterocycles. The van der Waals surface area contributed by atoms with Gasteiger partial charge in [-0.25, -0.2) is 4.99 Å². The molecule has 0 saturated heterocycles. The van der Waals surface area contributed by atoms with Gasteiger partial charge in [-0.15, -0.1) is 0 Å². The molecular formula is C23H41N5. The molecule has 158 valence electrons. The van der Waals surface area contributed by atoms with E-state index in [4.69, 9.17) is 5.41 Å². The predicted molar refractivity (Wildman–Crippen MR) is 126 cm³/mol. The molecule has 0 radical (unpaired) electrons. The number of amidine groups is 1. The van der Waals surface area contributed by atoms with Gasteiger partial charge in [-0.3, -0.25) is 4.99 Å². The number of hydrogen-bond donors (Lipinski definition) is 3. The van der Waals surface area contributed by atoms with E-state index in [1.807, 2.05) is 33.0 Å². The van der Waals surface area contributed by atoms with Crippen molar-refractivity contribution in [2.75, 3.05) is 13.2 Å². The van der Waals surface area contributed by atoms with Crippen molar-refractivity contribution < 1.29 is 0 Å². The molecule has 5 heteroatoms. The smallest absolute Gasteiger partial charge is 0.108 e. The van der Waals surface area contributed by atoms with Crippen LogP contribution >= 0.6 is 0 Å². The summed E-state index contributed by atoms with van der Waals surface area (Å²) >= 11 is 0. The van der Waals surface area contributed by atoms with Gasteiger partial charge in [0.25, 0.3) is 0 Å². The second-order valence-electron chi connectivity index (χ2n) is 6.96. The highest BCUT2D eigenvalue weighted by atomic mass is 15.1. The van der Waals surface area contributed by atoms with Crippen LogP contribution in [0.25, 0.3) is 0 Å². The average molecular weight is 388 g/mol. The molecule has 0 unspecified atom stereocenters. The molecule has 0 aliphatic heterocycles. The van der Waals surface area contributed by atoms with Crippen molar-refractivity contribution in [1.82, 2.24) is 10.6 Å². The summed E-state index contributed by atoms with van der Waals surface area (Å²) in [5.41, 5.74) is 2.73. The molecular weight excluding hydrogens is 346 g/mol. The van der Waals surface area contributed by atoms with Crippen LogP contribution in [0.3, 0.4) is 0 Å². The Morgan fingerprint density at radius 1 is 1.14 bits per heavy atom. The average Bonchev–Trinajstić information content (AvgIpc) is 2.69. The van der Waals surface area contributed by atoms with Crippen LogP contribution in [0.2, 0.25) is 0 Å². The van der Waals surface area contributed by atoms with Crippen molar-refractivity contribution in [2.24, 2.45) is 9.98 Å². The van der Waals surface area contributed by atoms with Gasteiger partial charge >= 0.3 is 0 Å². The van der Waals surface area contributed by atoms with Crippen LogP contribution in [0.15, 0.2) is 46.1 Å². The first-order chi connectivity index (χ1) is 13.5. The fraction of sp³-hybridized carbons (Fsp3) is 0.609. The maximum Gasteiger partial charge on any atom is 0.108 e. The van der Waals surface area contributed by atoms with Gasteiger partial charge in [0, 0.05) is 24.2 Å². The van der Waals surface area contributed by atoms with Crippen molar-refractivity contribution in [3.05, 3.63) is 36.1 Å². The van der Waals surface area contributed by atoms with E-state index >= 15 is 0 Å².